The lowest BCUT2D eigenvalue weighted by atomic mass is 9.99. The van der Waals surface area contributed by atoms with E-state index in [-0.39, 0.29) is 10.9 Å². The van der Waals surface area contributed by atoms with Crippen LogP contribution in [0.25, 0.3) is 21.5 Å². The molecule has 0 spiro atoms. The Balaban J connectivity index is 2.78. The van der Waals surface area contributed by atoms with Gasteiger partial charge in [-0.25, -0.2) is 0 Å². The molecule has 0 aliphatic carbocycles. The van der Waals surface area contributed by atoms with Gasteiger partial charge in [0.1, 0.15) is 0 Å². The first kappa shape index (κ1) is 11.1. The van der Waals surface area contributed by atoms with Crippen LogP contribution in [0.5, 0.6) is 0 Å². The Morgan fingerprint density at radius 1 is 0.667 bits per heavy atom. The largest absolute Gasteiger partial charge is 0.289 e. The minimum atomic E-state index is 0.0961. The van der Waals surface area contributed by atoms with Gasteiger partial charge in [0.15, 0.2) is 10.9 Å². The fourth-order valence-corrected chi connectivity index (χ4v) is 2.95. The molecule has 3 aromatic rings. The van der Waals surface area contributed by atoms with Crippen molar-refractivity contribution in [1.82, 2.24) is 0 Å². The summed E-state index contributed by atoms with van der Waals surface area (Å²) in [6.07, 6.45) is 0. The van der Waals surface area contributed by atoms with Gasteiger partial charge in [-0.1, -0.05) is 0 Å². The maximum Gasteiger partial charge on any atom is 0.189 e. The molecule has 0 atom stereocenters. The molecular formula is C16H14O2. The minimum Gasteiger partial charge on any atom is -0.289 e. The quantitative estimate of drug-likeness (QED) is 0.603. The van der Waals surface area contributed by atoms with Gasteiger partial charge in [0.25, 0.3) is 0 Å². The Morgan fingerprint density at radius 3 is 1.33 bits per heavy atom. The van der Waals surface area contributed by atoms with Crippen molar-refractivity contribution in [3.05, 3.63) is 54.8 Å². The zero-order chi connectivity index (χ0) is 13.2. The van der Waals surface area contributed by atoms with Crippen LogP contribution in [0.3, 0.4) is 0 Å². The topological polar surface area (TPSA) is 34.1 Å². The molecule has 0 bridgehead atoms. The van der Waals surface area contributed by atoms with Crippen LogP contribution in [0.4, 0.5) is 0 Å². The summed E-state index contributed by atoms with van der Waals surface area (Å²) >= 11 is 0. The van der Waals surface area contributed by atoms with Gasteiger partial charge < -0.3 is 0 Å². The second-order valence-corrected chi connectivity index (χ2v) is 5.14. The molecular weight excluding hydrogens is 224 g/mol. The summed E-state index contributed by atoms with van der Waals surface area (Å²) < 4.78 is 0. The van der Waals surface area contributed by atoms with Crippen LogP contribution in [0.2, 0.25) is 0 Å². The highest BCUT2D eigenvalue weighted by atomic mass is 16.1. The summed E-state index contributed by atoms with van der Waals surface area (Å²) in [4.78, 5) is 24.3. The molecule has 0 aromatic heterocycles. The molecule has 0 aliphatic heterocycles. The van der Waals surface area contributed by atoms with E-state index in [4.69, 9.17) is 0 Å². The Morgan fingerprint density at radius 2 is 1.00 bits per heavy atom. The molecule has 18 heavy (non-hydrogen) atoms. The maximum absolute atomic E-state index is 12.2. The van der Waals surface area contributed by atoms with E-state index in [9.17, 15) is 9.59 Å². The van der Waals surface area contributed by atoms with Crippen molar-refractivity contribution < 1.29 is 0 Å². The summed E-state index contributed by atoms with van der Waals surface area (Å²) in [5.41, 5.74) is 3.58. The average Bonchev–Trinajstić information content (AvgIpc) is 2.78. The zero-order valence-electron chi connectivity index (χ0n) is 11.0. The van der Waals surface area contributed by atoms with Gasteiger partial charge in [-0.3, -0.25) is 9.59 Å². The first-order valence-corrected chi connectivity index (χ1v) is 6.06. The first-order valence-electron chi connectivity index (χ1n) is 6.06. The molecule has 3 rings (SSSR count). The third-order valence-electron chi connectivity index (χ3n) is 3.99. The van der Waals surface area contributed by atoms with Crippen molar-refractivity contribution >= 4 is 21.5 Å². The van der Waals surface area contributed by atoms with Gasteiger partial charge >= 0.3 is 0 Å². The fraction of sp³-hybridized carbons (Fsp3) is 0.250. The van der Waals surface area contributed by atoms with E-state index in [1.165, 1.54) is 0 Å². The third-order valence-corrected chi connectivity index (χ3v) is 3.99. The van der Waals surface area contributed by atoms with E-state index in [0.29, 0.717) is 0 Å². The Labute approximate surface area is 105 Å². The van der Waals surface area contributed by atoms with Gasteiger partial charge in [0, 0.05) is 10.8 Å². The predicted molar refractivity (Wildman–Crippen MR) is 75.3 cm³/mol. The van der Waals surface area contributed by atoms with E-state index in [2.05, 4.69) is 0 Å². The summed E-state index contributed by atoms with van der Waals surface area (Å²) in [6, 6.07) is 3.81. The lowest BCUT2D eigenvalue weighted by molar-refractivity contribution is 1.47. The molecule has 0 aliphatic rings. The predicted octanol–water partition coefficient (Wildman–Crippen LogP) is 2.82. The summed E-state index contributed by atoms with van der Waals surface area (Å²) in [5.74, 6) is 0. The van der Waals surface area contributed by atoms with Crippen molar-refractivity contribution in [3.63, 3.8) is 0 Å². The summed E-state index contributed by atoms with van der Waals surface area (Å²) in [7, 11) is 0. The van der Waals surface area contributed by atoms with Crippen LogP contribution in [0, 0.1) is 27.7 Å². The van der Waals surface area contributed by atoms with E-state index < -0.39 is 0 Å². The summed E-state index contributed by atoms with van der Waals surface area (Å²) in [6.45, 7) is 7.53. The highest BCUT2D eigenvalue weighted by Gasteiger charge is 2.17. The smallest absolute Gasteiger partial charge is 0.189 e. The highest BCUT2D eigenvalue weighted by molar-refractivity contribution is 6.07. The molecule has 0 saturated heterocycles. The van der Waals surface area contributed by atoms with Crippen LogP contribution >= 0.6 is 0 Å². The van der Waals surface area contributed by atoms with Gasteiger partial charge in [-0.2, -0.15) is 0 Å². The van der Waals surface area contributed by atoms with E-state index in [0.717, 1.165) is 43.8 Å². The number of aryl methyl sites for hydroxylation is 4. The van der Waals surface area contributed by atoms with Crippen LogP contribution in [0.1, 0.15) is 22.3 Å². The van der Waals surface area contributed by atoms with Gasteiger partial charge in [-0.15, -0.1) is 0 Å². The molecule has 3 aromatic carbocycles. The fourth-order valence-electron chi connectivity index (χ4n) is 2.95. The molecule has 0 amide bonds. The van der Waals surface area contributed by atoms with Crippen molar-refractivity contribution in [2.24, 2.45) is 0 Å². The van der Waals surface area contributed by atoms with Crippen LogP contribution in [-0.2, 0) is 0 Å². The maximum atomic E-state index is 12.2. The highest BCUT2D eigenvalue weighted by Crippen LogP contribution is 2.30. The van der Waals surface area contributed by atoms with Crippen LogP contribution in [0.15, 0.2) is 21.7 Å². The molecule has 0 N–H and O–H groups in total. The SMILES string of the molecule is Cc1cc2c(C)c3c(=O)c(C)cc3c(C)c2c1=O. The van der Waals surface area contributed by atoms with Crippen molar-refractivity contribution in [2.45, 2.75) is 27.7 Å². The molecule has 0 unspecified atom stereocenters. The average molecular weight is 238 g/mol. The van der Waals surface area contributed by atoms with Crippen molar-refractivity contribution in [2.75, 3.05) is 0 Å². The third kappa shape index (κ3) is 1.13. The monoisotopic (exact) mass is 238 g/mol. The molecule has 0 radical (unpaired) electrons. The second kappa shape index (κ2) is 3.29. The van der Waals surface area contributed by atoms with Crippen LogP contribution in [-0.4, -0.2) is 0 Å². The zero-order valence-corrected chi connectivity index (χ0v) is 11.0. The lowest BCUT2D eigenvalue weighted by Gasteiger charge is -2.03. The lowest BCUT2D eigenvalue weighted by Crippen LogP contribution is -2.02. The number of rotatable bonds is 0. The number of fused-ring (bicyclic) bond motifs is 2. The van der Waals surface area contributed by atoms with Gasteiger partial charge in [-0.05, 0) is 72.9 Å². The Kier molecular flexibility index (Phi) is 2.03. The molecule has 0 saturated carbocycles. The second-order valence-electron chi connectivity index (χ2n) is 5.14. The Bertz CT molecular complexity index is 815. The van der Waals surface area contributed by atoms with Gasteiger partial charge in [0.2, 0.25) is 0 Å². The van der Waals surface area contributed by atoms with Gasteiger partial charge in [0.05, 0.1) is 0 Å². The minimum absolute atomic E-state index is 0.0961. The van der Waals surface area contributed by atoms with E-state index in [1.54, 1.807) is 0 Å². The Hall–Kier alpha value is -1.96. The number of hydrogen-bond donors (Lipinski definition) is 0. The number of benzene rings is 1. The molecule has 2 nitrogen and oxygen atoms in total. The van der Waals surface area contributed by atoms with Crippen LogP contribution < -0.4 is 10.9 Å². The molecule has 0 heterocycles. The normalized spacial score (nSPS) is 11.8. The molecule has 2 heteroatoms. The van der Waals surface area contributed by atoms with E-state index >= 15 is 0 Å². The molecule has 0 fully saturated rings. The van der Waals surface area contributed by atoms with E-state index in [1.807, 2.05) is 39.8 Å². The molecule has 90 valence electrons. The number of hydrogen-bond acceptors (Lipinski definition) is 2. The van der Waals surface area contributed by atoms with Crippen molar-refractivity contribution in [1.29, 1.82) is 0 Å². The standard InChI is InChI=1S/C16H14O2/c1-7-5-11-9(3)14-12(6-8(2)16(14)18)10(4)13(11)15(7)17/h5-6H,1-4H3. The summed E-state index contributed by atoms with van der Waals surface area (Å²) in [5, 5.41) is 3.43. The van der Waals surface area contributed by atoms with Crippen molar-refractivity contribution in [3.8, 4) is 0 Å². The first-order chi connectivity index (χ1) is 8.43.